The molecule has 9 heteroatoms. The molecule has 4 rings (SSSR count). The molecule has 1 unspecified atom stereocenters. The van der Waals surface area contributed by atoms with Gasteiger partial charge in [-0.1, -0.05) is 25.1 Å². The summed E-state index contributed by atoms with van der Waals surface area (Å²) in [5, 5.41) is 13.8. The first kappa shape index (κ1) is 25.0. The van der Waals surface area contributed by atoms with Crippen LogP contribution >= 0.6 is 0 Å². The number of rotatable bonds is 8. The van der Waals surface area contributed by atoms with E-state index in [1.54, 1.807) is 0 Å². The minimum atomic E-state index is -4.54. The number of aryl methyl sites for hydroxylation is 1. The Balaban J connectivity index is 1.50. The van der Waals surface area contributed by atoms with Crippen LogP contribution in [0, 0.1) is 11.3 Å². The Morgan fingerprint density at radius 2 is 1.89 bits per heavy atom. The first-order valence-electron chi connectivity index (χ1n) is 12.1. The fourth-order valence-corrected chi connectivity index (χ4v) is 4.65. The quantitative estimate of drug-likeness (QED) is 0.420. The Morgan fingerprint density at radius 3 is 2.57 bits per heavy atom. The number of aliphatic imine (C=N–C) groups is 1. The zero-order valence-electron chi connectivity index (χ0n) is 19.8. The van der Waals surface area contributed by atoms with Crippen LogP contribution in [0.5, 0.6) is 0 Å². The highest BCUT2D eigenvalue weighted by Gasteiger charge is 2.35. The molecule has 6 nitrogen and oxygen atoms in total. The first-order chi connectivity index (χ1) is 16.8. The molecular weight excluding hydrogens is 453 g/mol. The van der Waals surface area contributed by atoms with Crippen molar-refractivity contribution in [1.82, 2.24) is 15.3 Å². The summed E-state index contributed by atoms with van der Waals surface area (Å²) in [6.07, 6.45) is 2.70. The number of anilines is 2. The van der Waals surface area contributed by atoms with Gasteiger partial charge in [0.1, 0.15) is 0 Å². The summed E-state index contributed by atoms with van der Waals surface area (Å²) in [4.78, 5) is 12.7. The van der Waals surface area contributed by atoms with Gasteiger partial charge in [-0.25, -0.2) is 9.97 Å². The minimum absolute atomic E-state index is 0.0585. The number of alkyl halides is 3. The Kier molecular flexibility index (Phi) is 7.95. The van der Waals surface area contributed by atoms with Gasteiger partial charge in [-0.05, 0) is 80.1 Å². The van der Waals surface area contributed by atoms with Crippen molar-refractivity contribution in [2.45, 2.75) is 51.1 Å². The van der Waals surface area contributed by atoms with Crippen LogP contribution in [0.15, 0.2) is 47.1 Å². The summed E-state index contributed by atoms with van der Waals surface area (Å²) in [6.45, 7) is 4.66. The van der Waals surface area contributed by atoms with Crippen molar-refractivity contribution >= 4 is 23.6 Å². The van der Waals surface area contributed by atoms with E-state index in [1.807, 2.05) is 19.1 Å². The van der Waals surface area contributed by atoms with Crippen LogP contribution in [0.25, 0.3) is 0 Å². The molecule has 3 N–H and O–H groups in total. The van der Waals surface area contributed by atoms with Gasteiger partial charge in [-0.15, -0.1) is 0 Å². The second-order valence-electron chi connectivity index (χ2n) is 9.19. The lowest BCUT2D eigenvalue weighted by atomic mass is 9.90. The van der Waals surface area contributed by atoms with Gasteiger partial charge in [0, 0.05) is 30.6 Å². The van der Waals surface area contributed by atoms with Crippen molar-refractivity contribution in [2.24, 2.45) is 10.9 Å². The van der Waals surface area contributed by atoms with Crippen molar-refractivity contribution < 1.29 is 13.2 Å². The molecule has 0 aliphatic carbocycles. The molecule has 0 spiro atoms. The highest BCUT2D eigenvalue weighted by molar-refractivity contribution is 6.02. The normalized spacial score (nSPS) is 19.1. The van der Waals surface area contributed by atoms with E-state index in [1.165, 1.54) is 11.8 Å². The lowest BCUT2D eigenvalue weighted by Gasteiger charge is -2.23. The van der Waals surface area contributed by atoms with E-state index in [9.17, 15) is 13.2 Å². The predicted molar refractivity (Wildman–Crippen MR) is 133 cm³/mol. The number of nitrogens with zero attached hydrogens (tertiary/aromatic N) is 3. The number of piperidine rings is 1. The van der Waals surface area contributed by atoms with E-state index in [2.05, 4.69) is 43.8 Å². The summed E-state index contributed by atoms with van der Waals surface area (Å²) in [7, 11) is 0. The first-order valence-corrected chi connectivity index (χ1v) is 12.1. The van der Waals surface area contributed by atoms with E-state index in [-0.39, 0.29) is 24.0 Å². The average Bonchev–Trinajstić information content (AvgIpc) is 2.84. The van der Waals surface area contributed by atoms with Gasteiger partial charge in [-0.3, -0.25) is 4.99 Å². The average molecular weight is 485 g/mol. The number of nitrogens with one attached hydrogen (secondary N) is 3. The summed E-state index contributed by atoms with van der Waals surface area (Å²) < 4.78 is 41.0. The van der Waals surface area contributed by atoms with Gasteiger partial charge in [0.2, 0.25) is 5.95 Å². The molecule has 1 aromatic heterocycles. The van der Waals surface area contributed by atoms with Crippen molar-refractivity contribution in [1.29, 1.82) is 5.41 Å². The standard InChI is InChI=1S/C26H31F3N6/c1-17-14-20(8-11-30)23(32-15-17)6-7-24-22(26(27,28)29)16-33-25(35-24)34-21-4-2-18(3-5-21)19-9-12-31-13-10-19/h2-5,11,14,16-17,19,30-31H,6-10,12-13,15H2,1H3,(H,33,34,35). The van der Waals surface area contributed by atoms with Crippen molar-refractivity contribution in [3.05, 3.63) is 58.9 Å². The minimum Gasteiger partial charge on any atom is -0.324 e. The molecule has 0 saturated carbocycles. The SMILES string of the molecule is CC1C=C(CC=N)C(CCc2nc(Nc3ccc(C4CCNCC4)cc3)ncc2C(F)(F)F)=NC1. The predicted octanol–water partition coefficient (Wildman–Crippen LogP) is 5.70. The molecule has 2 aromatic rings. The van der Waals surface area contributed by atoms with Gasteiger partial charge in [0.15, 0.2) is 0 Å². The molecule has 0 radical (unpaired) electrons. The third-order valence-electron chi connectivity index (χ3n) is 6.50. The second kappa shape index (κ2) is 11.1. The van der Waals surface area contributed by atoms with Crippen molar-refractivity contribution in [3.8, 4) is 0 Å². The molecule has 186 valence electrons. The maximum Gasteiger partial charge on any atom is 0.419 e. The highest BCUT2D eigenvalue weighted by Crippen LogP contribution is 2.33. The van der Waals surface area contributed by atoms with E-state index in [0.717, 1.165) is 49.1 Å². The zero-order chi connectivity index (χ0) is 24.8. The number of dihydropyridines is 1. The smallest absolute Gasteiger partial charge is 0.324 e. The van der Waals surface area contributed by atoms with Crippen molar-refractivity contribution in [2.75, 3.05) is 25.0 Å². The van der Waals surface area contributed by atoms with Crippen LogP contribution in [-0.4, -0.2) is 41.5 Å². The molecule has 1 saturated heterocycles. The molecule has 1 aromatic carbocycles. The second-order valence-corrected chi connectivity index (χ2v) is 9.19. The van der Waals surface area contributed by atoms with Crippen LogP contribution in [0.1, 0.15) is 55.3 Å². The number of halogens is 3. The number of aromatic nitrogens is 2. The molecular formula is C26H31F3N6. The highest BCUT2D eigenvalue weighted by atomic mass is 19.4. The summed E-state index contributed by atoms with van der Waals surface area (Å²) in [5.41, 5.74) is 2.77. The summed E-state index contributed by atoms with van der Waals surface area (Å²) in [5.74, 6) is 0.920. The molecule has 0 amide bonds. The van der Waals surface area contributed by atoms with E-state index in [4.69, 9.17) is 5.41 Å². The molecule has 2 aliphatic heterocycles. The fraction of sp³-hybridized carbons (Fsp3) is 0.462. The third-order valence-corrected chi connectivity index (χ3v) is 6.50. The Morgan fingerprint density at radius 1 is 1.14 bits per heavy atom. The number of hydrogen-bond donors (Lipinski definition) is 3. The monoisotopic (exact) mass is 484 g/mol. The topological polar surface area (TPSA) is 86.0 Å². The lowest BCUT2D eigenvalue weighted by Crippen LogP contribution is -2.26. The van der Waals surface area contributed by atoms with Crippen LogP contribution < -0.4 is 10.6 Å². The molecule has 35 heavy (non-hydrogen) atoms. The van der Waals surface area contributed by atoms with Gasteiger partial charge in [-0.2, -0.15) is 13.2 Å². The Labute approximate surface area is 203 Å². The molecule has 3 heterocycles. The van der Waals surface area contributed by atoms with Gasteiger partial charge in [0.25, 0.3) is 0 Å². The van der Waals surface area contributed by atoms with E-state index < -0.39 is 11.7 Å². The maximum absolute atomic E-state index is 13.7. The molecule has 1 fully saturated rings. The van der Waals surface area contributed by atoms with Crippen LogP contribution in [0.3, 0.4) is 0 Å². The number of hydrogen-bond acceptors (Lipinski definition) is 6. The van der Waals surface area contributed by atoms with Crippen LogP contribution in [0.2, 0.25) is 0 Å². The largest absolute Gasteiger partial charge is 0.419 e. The summed E-state index contributed by atoms with van der Waals surface area (Å²) in [6, 6.07) is 7.96. The maximum atomic E-state index is 13.7. The lowest BCUT2D eigenvalue weighted by molar-refractivity contribution is -0.138. The van der Waals surface area contributed by atoms with Crippen LogP contribution in [0.4, 0.5) is 24.8 Å². The Bertz CT molecular complexity index is 1090. The number of allylic oxidation sites excluding steroid dienone is 1. The zero-order valence-corrected chi connectivity index (χ0v) is 19.8. The third kappa shape index (κ3) is 6.54. The summed E-state index contributed by atoms with van der Waals surface area (Å²) >= 11 is 0. The van der Waals surface area contributed by atoms with Gasteiger partial charge >= 0.3 is 6.18 Å². The number of benzene rings is 1. The molecule has 2 aliphatic rings. The molecule has 0 bridgehead atoms. The van der Waals surface area contributed by atoms with Gasteiger partial charge < -0.3 is 16.0 Å². The Hall–Kier alpha value is -3.07. The molecule has 1 atom stereocenters. The van der Waals surface area contributed by atoms with E-state index >= 15 is 0 Å². The van der Waals surface area contributed by atoms with E-state index in [0.29, 0.717) is 25.3 Å². The van der Waals surface area contributed by atoms with Gasteiger partial charge in [0.05, 0.1) is 11.3 Å². The van der Waals surface area contributed by atoms with Crippen LogP contribution in [-0.2, 0) is 12.6 Å². The van der Waals surface area contributed by atoms with Crippen molar-refractivity contribution in [3.63, 3.8) is 0 Å². The fourth-order valence-electron chi connectivity index (χ4n) is 4.65.